The fourth-order valence-corrected chi connectivity index (χ4v) is 2.50. The highest BCUT2D eigenvalue weighted by Gasteiger charge is 2.51. The third-order valence-electron chi connectivity index (χ3n) is 3.94. The Bertz CT molecular complexity index is 524. The number of rotatable bonds is 7. The van der Waals surface area contributed by atoms with Gasteiger partial charge in [-0.05, 0) is 37.4 Å². The van der Waals surface area contributed by atoms with E-state index in [1.807, 2.05) is 0 Å². The molecule has 0 unspecified atom stereocenters. The smallest absolute Gasteiger partial charge is 0.354 e. The molecule has 1 aliphatic carbocycles. The highest BCUT2D eigenvalue weighted by atomic mass is 19.4. The molecule has 2 N–H and O–H groups in total. The quantitative estimate of drug-likeness (QED) is 0.760. The van der Waals surface area contributed by atoms with Crippen LogP contribution in [0.2, 0.25) is 0 Å². The molecule has 0 radical (unpaired) electrons. The molecule has 1 aromatic carbocycles. The number of hydrogen-bond donors (Lipinski definition) is 2. The van der Waals surface area contributed by atoms with E-state index in [1.54, 1.807) is 6.07 Å². The highest BCUT2D eigenvalue weighted by molar-refractivity contribution is 5.91. The Morgan fingerprint density at radius 3 is 2.55 bits per heavy atom. The minimum absolute atomic E-state index is 0.176. The molecule has 6 heteroatoms. The number of hydrogen-bond acceptors (Lipinski definition) is 2. The molecule has 1 amide bonds. The van der Waals surface area contributed by atoms with Gasteiger partial charge in [0.05, 0.1) is 11.0 Å². The predicted molar refractivity (Wildman–Crippen MR) is 78.5 cm³/mol. The maximum atomic E-state index is 12.8. The molecule has 0 aliphatic heterocycles. The SMILES string of the molecule is CCCNCCNC(=O)C1(c2cccc(C(F)(F)F)c2)CC1. The van der Waals surface area contributed by atoms with E-state index in [2.05, 4.69) is 17.6 Å². The van der Waals surface area contributed by atoms with Crippen LogP contribution in [0.4, 0.5) is 13.2 Å². The van der Waals surface area contributed by atoms with Gasteiger partial charge in [0.25, 0.3) is 0 Å². The van der Waals surface area contributed by atoms with E-state index in [0.29, 0.717) is 31.5 Å². The van der Waals surface area contributed by atoms with Crippen LogP contribution in [0.15, 0.2) is 24.3 Å². The highest BCUT2D eigenvalue weighted by Crippen LogP contribution is 2.49. The van der Waals surface area contributed by atoms with Crippen LogP contribution in [0.1, 0.15) is 37.3 Å². The van der Waals surface area contributed by atoms with Crippen molar-refractivity contribution in [2.24, 2.45) is 0 Å². The van der Waals surface area contributed by atoms with Gasteiger partial charge in [-0.25, -0.2) is 0 Å². The maximum Gasteiger partial charge on any atom is 0.416 e. The molecule has 0 aromatic heterocycles. The molecule has 0 saturated heterocycles. The molecule has 0 bridgehead atoms. The summed E-state index contributed by atoms with van der Waals surface area (Å²) in [5.74, 6) is -0.176. The standard InChI is InChI=1S/C16H21F3N2O/c1-2-8-20-9-10-21-14(22)15(6-7-15)12-4-3-5-13(11-12)16(17,18)19/h3-5,11,20H,2,6-10H2,1H3,(H,21,22). The Balaban J connectivity index is 2.00. The average Bonchev–Trinajstić information content (AvgIpc) is 3.28. The number of halogens is 3. The largest absolute Gasteiger partial charge is 0.416 e. The summed E-state index contributed by atoms with van der Waals surface area (Å²) in [6, 6.07) is 5.11. The fraction of sp³-hybridized carbons (Fsp3) is 0.562. The zero-order chi connectivity index (χ0) is 16.2. The number of amides is 1. The van der Waals surface area contributed by atoms with Gasteiger partial charge in [0, 0.05) is 13.1 Å². The first-order chi connectivity index (χ1) is 10.4. The van der Waals surface area contributed by atoms with E-state index in [0.717, 1.165) is 25.1 Å². The molecule has 2 rings (SSSR count). The van der Waals surface area contributed by atoms with Crippen LogP contribution in [-0.4, -0.2) is 25.5 Å². The van der Waals surface area contributed by atoms with Gasteiger partial charge in [0.1, 0.15) is 0 Å². The van der Waals surface area contributed by atoms with Crippen molar-refractivity contribution in [1.29, 1.82) is 0 Å². The van der Waals surface area contributed by atoms with Gasteiger partial charge in [-0.1, -0.05) is 25.1 Å². The van der Waals surface area contributed by atoms with Gasteiger partial charge in [-0.2, -0.15) is 13.2 Å². The zero-order valence-electron chi connectivity index (χ0n) is 12.6. The van der Waals surface area contributed by atoms with Crippen LogP contribution in [-0.2, 0) is 16.4 Å². The molecule has 122 valence electrons. The predicted octanol–water partition coefficient (Wildman–Crippen LogP) is 2.85. The Kier molecular flexibility index (Phi) is 5.11. The van der Waals surface area contributed by atoms with Gasteiger partial charge < -0.3 is 10.6 Å². The van der Waals surface area contributed by atoms with E-state index in [-0.39, 0.29) is 5.91 Å². The van der Waals surface area contributed by atoms with Gasteiger partial charge >= 0.3 is 6.18 Å². The number of nitrogens with one attached hydrogen (secondary N) is 2. The Labute approximate surface area is 128 Å². The summed E-state index contributed by atoms with van der Waals surface area (Å²) in [6.45, 7) is 4.09. The lowest BCUT2D eigenvalue weighted by molar-refractivity contribution is -0.137. The second-order valence-electron chi connectivity index (χ2n) is 5.67. The average molecular weight is 314 g/mol. The molecule has 1 aliphatic rings. The van der Waals surface area contributed by atoms with Gasteiger partial charge in [0.15, 0.2) is 0 Å². The topological polar surface area (TPSA) is 41.1 Å². The second-order valence-corrected chi connectivity index (χ2v) is 5.67. The van der Waals surface area contributed by atoms with Crippen molar-refractivity contribution in [3.63, 3.8) is 0 Å². The fourth-order valence-electron chi connectivity index (χ4n) is 2.50. The first-order valence-electron chi connectivity index (χ1n) is 7.57. The summed E-state index contributed by atoms with van der Waals surface area (Å²) in [5, 5.41) is 5.99. The first-order valence-corrected chi connectivity index (χ1v) is 7.57. The van der Waals surface area contributed by atoms with Gasteiger partial charge in [-0.3, -0.25) is 4.79 Å². The van der Waals surface area contributed by atoms with E-state index >= 15 is 0 Å². The molecule has 1 saturated carbocycles. The van der Waals surface area contributed by atoms with Gasteiger partial charge in [-0.15, -0.1) is 0 Å². The van der Waals surface area contributed by atoms with Crippen molar-refractivity contribution in [1.82, 2.24) is 10.6 Å². The lowest BCUT2D eigenvalue weighted by Crippen LogP contribution is -2.38. The van der Waals surface area contributed by atoms with Gasteiger partial charge in [0.2, 0.25) is 5.91 Å². The first kappa shape index (κ1) is 16.8. The molecule has 0 atom stereocenters. The monoisotopic (exact) mass is 314 g/mol. The van der Waals surface area contributed by atoms with Crippen molar-refractivity contribution in [2.75, 3.05) is 19.6 Å². The summed E-state index contributed by atoms with van der Waals surface area (Å²) in [7, 11) is 0. The maximum absolute atomic E-state index is 12.8. The van der Waals surface area contributed by atoms with E-state index < -0.39 is 17.2 Å². The summed E-state index contributed by atoms with van der Waals surface area (Å²) >= 11 is 0. The minimum Gasteiger partial charge on any atom is -0.354 e. The Hall–Kier alpha value is -1.56. The van der Waals surface area contributed by atoms with Crippen LogP contribution in [0.3, 0.4) is 0 Å². The van der Waals surface area contributed by atoms with Crippen molar-refractivity contribution < 1.29 is 18.0 Å². The molecular formula is C16H21F3N2O. The Morgan fingerprint density at radius 2 is 1.95 bits per heavy atom. The van der Waals surface area contributed by atoms with Crippen molar-refractivity contribution in [2.45, 2.75) is 37.8 Å². The summed E-state index contributed by atoms with van der Waals surface area (Å²) < 4.78 is 38.4. The molecule has 22 heavy (non-hydrogen) atoms. The summed E-state index contributed by atoms with van der Waals surface area (Å²) in [6.07, 6.45) is -2.17. The molecule has 1 aromatic rings. The second kappa shape index (κ2) is 6.69. The number of benzene rings is 1. The molecular weight excluding hydrogens is 293 g/mol. The third-order valence-corrected chi connectivity index (χ3v) is 3.94. The van der Waals surface area contributed by atoms with E-state index in [4.69, 9.17) is 0 Å². The van der Waals surface area contributed by atoms with Crippen LogP contribution < -0.4 is 10.6 Å². The zero-order valence-corrected chi connectivity index (χ0v) is 12.6. The molecule has 0 heterocycles. The van der Waals surface area contributed by atoms with Crippen molar-refractivity contribution in [3.05, 3.63) is 35.4 Å². The third kappa shape index (κ3) is 3.80. The van der Waals surface area contributed by atoms with Crippen molar-refractivity contribution in [3.8, 4) is 0 Å². The van der Waals surface area contributed by atoms with Crippen LogP contribution >= 0.6 is 0 Å². The van der Waals surface area contributed by atoms with Crippen molar-refractivity contribution >= 4 is 5.91 Å². The number of alkyl halides is 3. The van der Waals surface area contributed by atoms with Crippen LogP contribution in [0.5, 0.6) is 0 Å². The Morgan fingerprint density at radius 1 is 1.23 bits per heavy atom. The lowest BCUT2D eigenvalue weighted by Gasteiger charge is -2.17. The number of carbonyl (C=O) groups excluding carboxylic acids is 1. The summed E-state index contributed by atoms with van der Waals surface area (Å²) in [5.41, 5.74) is -1.01. The van der Waals surface area contributed by atoms with Crippen LogP contribution in [0.25, 0.3) is 0 Å². The minimum atomic E-state index is -4.38. The van der Waals surface area contributed by atoms with E-state index in [1.165, 1.54) is 6.07 Å². The normalized spacial score (nSPS) is 16.4. The molecule has 0 spiro atoms. The lowest BCUT2D eigenvalue weighted by atomic mass is 9.93. The summed E-state index contributed by atoms with van der Waals surface area (Å²) in [4.78, 5) is 12.3. The van der Waals surface area contributed by atoms with E-state index in [9.17, 15) is 18.0 Å². The number of carbonyl (C=O) groups is 1. The van der Waals surface area contributed by atoms with Crippen LogP contribution in [0, 0.1) is 0 Å². The molecule has 1 fully saturated rings. The molecule has 3 nitrogen and oxygen atoms in total.